The minimum atomic E-state index is 0.112. The molecule has 1 aliphatic heterocycles. The van der Waals surface area contributed by atoms with E-state index in [9.17, 15) is 0 Å². The lowest BCUT2D eigenvalue weighted by Gasteiger charge is -2.23. The van der Waals surface area contributed by atoms with Gasteiger partial charge in [-0.15, -0.1) is 0 Å². The van der Waals surface area contributed by atoms with E-state index in [0.29, 0.717) is 0 Å². The van der Waals surface area contributed by atoms with Crippen LogP contribution in [-0.4, -0.2) is 13.2 Å². The minimum Gasteiger partial charge on any atom is -0.488 e. The number of halogens is 1. The predicted octanol–water partition coefficient (Wildman–Crippen LogP) is 3.60. The van der Waals surface area contributed by atoms with Crippen molar-refractivity contribution in [1.82, 2.24) is 5.32 Å². The van der Waals surface area contributed by atoms with Gasteiger partial charge in [0, 0.05) is 11.4 Å². The van der Waals surface area contributed by atoms with Crippen LogP contribution in [0.3, 0.4) is 0 Å². The maximum absolute atomic E-state index is 6.07. The summed E-state index contributed by atoms with van der Waals surface area (Å²) in [4.78, 5) is 0. The van der Waals surface area contributed by atoms with Crippen molar-refractivity contribution in [2.45, 2.75) is 18.6 Å². The quantitative estimate of drug-likeness (QED) is 0.923. The number of likely N-dealkylation sites (N-methyl/N-ethyl adjacent to an activating group) is 1. The highest BCUT2D eigenvalue weighted by Crippen LogP contribution is 2.34. The first-order chi connectivity index (χ1) is 9.28. The molecular formula is C16H16ClNO. The number of ether oxygens (including phenoxy) is 1. The SMILES string of the molecule is CNC(c1cccc(Cl)c1)C1Cc2ccccc2O1. The van der Waals surface area contributed by atoms with Crippen molar-refractivity contribution in [1.29, 1.82) is 0 Å². The van der Waals surface area contributed by atoms with Gasteiger partial charge < -0.3 is 10.1 Å². The summed E-state index contributed by atoms with van der Waals surface area (Å²) in [6, 6.07) is 16.3. The summed E-state index contributed by atoms with van der Waals surface area (Å²) < 4.78 is 6.05. The highest BCUT2D eigenvalue weighted by Gasteiger charge is 2.30. The first-order valence-corrected chi connectivity index (χ1v) is 6.83. The molecule has 0 aliphatic carbocycles. The second-order valence-electron chi connectivity index (χ2n) is 4.79. The molecule has 1 N–H and O–H groups in total. The van der Waals surface area contributed by atoms with Crippen molar-refractivity contribution in [2.24, 2.45) is 0 Å². The van der Waals surface area contributed by atoms with Crippen LogP contribution in [0.25, 0.3) is 0 Å². The molecule has 3 rings (SSSR count). The molecule has 0 saturated carbocycles. The summed E-state index contributed by atoms with van der Waals surface area (Å²) in [6.45, 7) is 0. The van der Waals surface area contributed by atoms with E-state index >= 15 is 0 Å². The third kappa shape index (κ3) is 2.46. The normalized spacial score (nSPS) is 18.7. The third-order valence-corrected chi connectivity index (χ3v) is 3.80. The molecule has 0 radical (unpaired) electrons. The molecule has 2 atom stereocenters. The lowest BCUT2D eigenvalue weighted by molar-refractivity contribution is 0.183. The summed E-state index contributed by atoms with van der Waals surface area (Å²) >= 11 is 6.07. The first-order valence-electron chi connectivity index (χ1n) is 6.45. The number of hydrogen-bond acceptors (Lipinski definition) is 2. The Kier molecular flexibility index (Phi) is 3.45. The topological polar surface area (TPSA) is 21.3 Å². The van der Waals surface area contributed by atoms with Crippen LogP contribution >= 0.6 is 11.6 Å². The molecular weight excluding hydrogens is 258 g/mol. The minimum absolute atomic E-state index is 0.112. The number of nitrogens with one attached hydrogen (secondary N) is 1. The molecule has 2 aromatic rings. The molecule has 2 unspecified atom stereocenters. The molecule has 2 nitrogen and oxygen atoms in total. The van der Waals surface area contributed by atoms with Gasteiger partial charge >= 0.3 is 0 Å². The zero-order valence-corrected chi connectivity index (χ0v) is 11.5. The smallest absolute Gasteiger partial charge is 0.123 e. The van der Waals surface area contributed by atoms with Gasteiger partial charge in [0.2, 0.25) is 0 Å². The molecule has 1 heterocycles. The van der Waals surface area contributed by atoms with Gasteiger partial charge in [0.1, 0.15) is 11.9 Å². The van der Waals surface area contributed by atoms with E-state index in [2.05, 4.69) is 23.5 Å². The van der Waals surface area contributed by atoms with Gasteiger partial charge in [0.25, 0.3) is 0 Å². The van der Waals surface area contributed by atoms with Crippen LogP contribution in [0.2, 0.25) is 5.02 Å². The molecule has 0 fully saturated rings. The van der Waals surface area contributed by atoms with Crippen molar-refractivity contribution in [2.75, 3.05) is 7.05 Å². The molecule has 2 aromatic carbocycles. The fourth-order valence-electron chi connectivity index (χ4n) is 2.66. The van der Waals surface area contributed by atoms with E-state index in [-0.39, 0.29) is 12.1 Å². The molecule has 0 aromatic heterocycles. The monoisotopic (exact) mass is 273 g/mol. The van der Waals surface area contributed by atoms with Crippen LogP contribution in [0, 0.1) is 0 Å². The second-order valence-corrected chi connectivity index (χ2v) is 5.23. The number of para-hydroxylation sites is 1. The molecule has 1 aliphatic rings. The molecule has 19 heavy (non-hydrogen) atoms. The molecule has 0 amide bonds. The van der Waals surface area contributed by atoms with Crippen molar-refractivity contribution in [3.05, 3.63) is 64.7 Å². The van der Waals surface area contributed by atoms with Crippen molar-refractivity contribution < 1.29 is 4.74 Å². The number of fused-ring (bicyclic) bond motifs is 1. The molecule has 98 valence electrons. The summed E-state index contributed by atoms with van der Waals surface area (Å²) in [7, 11) is 1.96. The molecule has 3 heteroatoms. The van der Waals surface area contributed by atoms with E-state index < -0.39 is 0 Å². The summed E-state index contributed by atoms with van der Waals surface area (Å²) in [5.41, 5.74) is 2.43. The summed E-state index contributed by atoms with van der Waals surface area (Å²) in [5, 5.41) is 4.10. The van der Waals surface area contributed by atoms with Gasteiger partial charge in [0.05, 0.1) is 6.04 Å². The van der Waals surface area contributed by atoms with Crippen molar-refractivity contribution in [3.8, 4) is 5.75 Å². The zero-order valence-electron chi connectivity index (χ0n) is 10.8. The largest absolute Gasteiger partial charge is 0.488 e. The van der Waals surface area contributed by atoms with Crippen LogP contribution in [-0.2, 0) is 6.42 Å². The maximum Gasteiger partial charge on any atom is 0.123 e. The number of benzene rings is 2. The van der Waals surface area contributed by atoms with E-state index in [1.807, 2.05) is 37.4 Å². The van der Waals surface area contributed by atoms with E-state index in [1.165, 1.54) is 5.56 Å². The van der Waals surface area contributed by atoms with Gasteiger partial charge in [-0.3, -0.25) is 0 Å². The van der Waals surface area contributed by atoms with Crippen LogP contribution in [0.4, 0.5) is 0 Å². The highest BCUT2D eigenvalue weighted by molar-refractivity contribution is 6.30. The van der Waals surface area contributed by atoms with Gasteiger partial charge in [-0.25, -0.2) is 0 Å². The number of rotatable bonds is 3. The molecule has 0 bridgehead atoms. The zero-order chi connectivity index (χ0) is 13.2. The molecule has 0 spiro atoms. The lowest BCUT2D eigenvalue weighted by atomic mass is 9.98. The third-order valence-electron chi connectivity index (χ3n) is 3.56. The lowest BCUT2D eigenvalue weighted by Crippen LogP contribution is -2.32. The van der Waals surface area contributed by atoms with Crippen LogP contribution in [0.15, 0.2) is 48.5 Å². The average molecular weight is 274 g/mol. The average Bonchev–Trinajstić information content (AvgIpc) is 2.83. The van der Waals surface area contributed by atoms with Crippen LogP contribution in [0.1, 0.15) is 17.2 Å². The second kappa shape index (κ2) is 5.24. The van der Waals surface area contributed by atoms with E-state index in [0.717, 1.165) is 22.8 Å². The Labute approximate surface area is 118 Å². The Balaban J connectivity index is 1.86. The Morgan fingerprint density at radius 2 is 2.05 bits per heavy atom. The van der Waals surface area contributed by atoms with E-state index in [4.69, 9.17) is 16.3 Å². The predicted molar refractivity (Wildman–Crippen MR) is 77.8 cm³/mol. The van der Waals surface area contributed by atoms with Crippen molar-refractivity contribution in [3.63, 3.8) is 0 Å². The standard InChI is InChI=1S/C16H16ClNO/c1-18-16(12-6-4-7-13(17)9-12)15-10-11-5-2-3-8-14(11)19-15/h2-9,15-16,18H,10H2,1H3. The molecule has 0 saturated heterocycles. The Hall–Kier alpha value is -1.51. The van der Waals surface area contributed by atoms with Gasteiger partial charge in [-0.1, -0.05) is 41.9 Å². The Morgan fingerprint density at radius 1 is 1.21 bits per heavy atom. The van der Waals surface area contributed by atoms with Crippen LogP contribution in [0.5, 0.6) is 5.75 Å². The highest BCUT2D eigenvalue weighted by atomic mass is 35.5. The van der Waals surface area contributed by atoms with Crippen molar-refractivity contribution >= 4 is 11.6 Å². The number of hydrogen-bond donors (Lipinski definition) is 1. The maximum atomic E-state index is 6.07. The summed E-state index contributed by atoms with van der Waals surface area (Å²) in [5.74, 6) is 0.995. The van der Waals surface area contributed by atoms with E-state index in [1.54, 1.807) is 0 Å². The Morgan fingerprint density at radius 3 is 2.79 bits per heavy atom. The van der Waals surface area contributed by atoms with Crippen LogP contribution < -0.4 is 10.1 Å². The van der Waals surface area contributed by atoms with Gasteiger partial charge in [-0.05, 0) is 36.4 Å². The fourth-order valence-corrected chi connectivity index (χ4v) is 2.86. The van der Waals surface area contributed by atoms with Gasteiger partial charge in [-0.2, -0.15) is 0 Å². The first kappa shape index (κ1) is 12.5. The van der Waals surface area contributed by atoms with Gasteiger partial charge in [0.15, 0.2) is 0 Å². The Bertz CT molecular complexity index is 559. The fraction of sp³-hybridized carbons (Fsp3) is 0.250. The summed E-state index contributed by atoms with van der Waals surface area (Å²) in [6.07, 6.45) is 1.04.